The molecule has 0 aliphatic carbocycles. The van der Waals surface area contributed by atoms with Crippen molar-refractivity contribution in [2.75, 3.05) is 0 Å². The van der Waals surface area contributed by atoms with Crippen molar-refractivity contribution < 1.29 is 0 Å². The number of hydrogen-bond acceptors (Lipinski definition) is 4. The van der Waals surface area contributed by atoms with Crippen LogP contribution >= 0.6 is 11.3 Å². The molecule has 0 spiro atoms. The number of nitrogens with zero attached hydrogens (tertiary/aromatic N) is 3. The standard InChI is InChI=1S/C11H13N3S/c1-7(2)9-6-14-11(15-9)10-12-4-8(3)5-13-10/h4-7H,1-3H3. The van der Waals surface area contributed by atoms with Gasteiger partial charge in [0.15, 0.2) is 10.8 Å². The van der Waals surface area contributed by atoms with Gasteiger partial charge in [-0.2, -0.15) is 0 Å². The molecule has 0 radical (unpaired) electrons. The van der Waals surface area contributed by atoms with E-state index in [-0.39, 0.29) is 0 Å². The lowest BCUT2D eigenvalue weighted by Crippen LogP contribution is -1.87. The first-order valence-corrected chi connectivity index (χ1v) is 5.73. The van der Waals surface area contributed by atoms with Gasteiger partial charge in [0.2, 0.25) is 0 Å². The molecule has 78 valence electrons. The number of aryl methyl sites for hydroxylation is 1. The fraction of sp³-hybridized carbons (Fsp3) is 0.364. The van der Waals surface area contributed by atoms with Gasteiger partial charge in [0.05, 0.1) is 0 Å². The van der Waals surface area contributed by atoms with Crippen molar-refractivity contribution >= 4 is 11.3 Å². The second kappa shape index (κ2) is 4.06. The van der Waals surface area contributed by atoms with Crippen LogP contribution in [-0.2, 0) is 0 Å². The van der Waals surface area contributed by atoms with Gasteiger partial charge in [-0.05, 0) is 18.4 Å². The van der Waals surface area contributed by atoms with E-state index in [1.807, 2.05) is 25.5 Å². The van der Waals surface area contributed by atoms with Crippen molar-refractivity contribution in [3.8, 4) is 10.8 Å². The molecule has 2 heterocycles. The zero-order chi connectivity index (χ0) is 10.8. The van der Waals surface area contributed by atoms with Crippen LogP contribution < -0.4 is 0 Å². The predicted octanol–water partition coefficient (Wildman–Crippen LogP) is 3.03. The number of hydrogen-bond donors (Lipinski definition) is 0. The summed E-state index contributed by atoms with van der Waals surface area (Å²) in [5, 5.41) is 0.902. The van der Waals surface area contributed by atoms with Crippen LogP contribution in [-0.4, -0.2) is 15.0 Å². The van der Waals surface area contributed by atoms with Crippen molar-refractivity contribution in [3.63, 3.8) is 0 Å². The normalized spacial score (nSPS) is 10.9. The summed E-state index contributed by atoms with van der Waals surface area (Å²) in [6.07, 6.45) is 5.55. The van der Waals surface area contributed by atoms with E-state index in [0.29, 0.717) is 5.92 Å². The molecule has 2 aromatic heterocycles. The number of thiazole rings is 1. The van der Waals surface area contributed by atoms with Gasteiger partial charge in [-0.15, -0.1) is 11.3 Å². The van der Waals surface area contributed by atoms with E-state index in [1.165, 1.54) is 4.88 Å². The molecule has 2 rings (SSSR count). The van der Waals surface area contributed by atoms with E-state index in [9.17, 15) is 0 Å². The molecule has 0 aliphatic rings. The van der Waals surface area contributed by atoms with Gasteiger partial charge in [0, 0.05) is 23.5 Å². The molecule has 0 aromatic carbocycles. The maximum atomic E-state index is 4.33. The lowest BCUT2D eigenvalue weighted by Gasteiger charge is -1.96. The molecule has 0 unspecified atom stereocenters. The van der Waals surface area contributed by atoms with Crippen LogP contribution in [0.25, 0.3) is 10.8 Å². The molecule has 0 aliphatic heterocycles. The predicted molar refractivity (Wildman–Crippen MR) is 62.0 cm³/mol. The van der Waals surface area contributed by atoms with Crippen LogP contribution in [0.5, 0.6) is 0 Å². The summed E-state index contributed by atoms with van der Waals surface area (Å²) in [4.78, 5) is 14.1. The molecule has 3 nitrogen and oxygen atoms in total. The largest absolute Gasteiger partial charge is 0.241 e. The van der Waals surface area contributed by atoms with E-state index in [4.69, 9.17) is 0 Å². The minimum atomic E-state index is 0.515. The summed E-state index contributed by atoms with van der Waals surface area (Å²) < 4.78 is 0. The SMILES string of the molecule is Cc1cnc(-c2ncc(C(C)C)s2)nc1. The first-order chi connectivity index (χ1) is 7.16. The van der Waals surface area contributed by atoms with E-state index in [2.05, 4.69) is 28.8 Å². The highest BCUT2D eigenvalue weighted by Gasteiger charge is 2.08. The van der Waals surface area contributed by atoms with E-state index in [0.717, 1.165) is 16.4 Å². The Balaban J connectivity index is 2.33. The summed E-state index contributed by atoms with van der Waals surface area (Å²) in [5.74, 6) is 1.24. The maximum absolute atomic E-state index is 4.33. The molecule has 0 amide bonds. The van der Waals surface area contributed by atoms with Crippen molar-refractivity contribution in [1.29, 1.82) is 0 Å². The molecule has 0 N–H and O–H groups in total. The maximum Gasteiger partial charge on any atom is 0.188 e. The number of aromatic nitrogens is 3. The van der Waals surface area contributed by atoms with Gasteiger partial charge < -0.3 is 0 Å². The van der Waals surface area contributed by atoms with Crippen LogP contribution in [0, 0.1) is 6.92 Å². The highest BCUT2D eigenvalue weighted by Crippen LogP contribution is 2.26. The third-order valence-electron chi connectivity index (χ3n) is 2.06. The summed E-state index contributed by atoms with van der Waals surface area (Å²) in [6.45, 7) is 6.30. The number of rotatable bonds is 2. The zero-order valence-electron chi connectivity index (χ0n) is 9.06. The van der Waals surface area contributed by atoms with Crippen molar-refractivity contribution in [3.05, 3.63) is 29.0 Å². The summed E-state index contributed by atoms with van der Waals surface area (Å²) in [6, 6.07) is 0. The van der Waals surface area contributed by atoms with Crippen molar-refractivity contribution in [2.45, 2.75) is 26.7 Å². The Morgan fingerprint density at radius 3 is 2.27 bits per heavy atom. The minimum Gasteiger partial charge on any atom is -0.241 e. The minimum absolute atomic E-state index is 0.515. The Labute approximate surface area is 93.2 Å². The van der Waals surface area contributed by atoms with Gasteiger partial charge >= 0.3 is 0 Å². The molecule has 0 saturated heterocycles. The monoisotopic (exact) mass is 219 g/mol. The third-order valence-corrected chi connectivity index (χ3v) is 3.36. The third kappa shape index (κ3) is 2.21. The Hall–Kier alpha value is -1.29. The van der Waals surface area contributed by atoms with Crippen LogP contribution in [0.2, 0.25) is 0 Å². The molecule has 15 heavy (non-hydrogen) atoms. The Bertz CT molecular complexity index is 445. The average molecular weight is 219 g/mol. The molecular formula is C11H13N3S. The zero-order valence-corrected chi connectivity index (χ0v) is 9.88. The fourth-order valence-corrected chi connectivity index (χ4v) is 2.03. The van der Waals surface area contributed by atoms with E-state index >= 15 is 0 Å². The molecular weight excluding hydrogens is 206 g/mol. The molecule has 0 bridgehead atoms. The van der Waals surface area contributed by atoms with Crippen LogP contribution in [0.3, 0.4) is 0 Å². The second-order valence-electron chi connectivity index (χ2n) is 3.81. The average Bonchev–Trinajstić information content (AvgIpc) is 2.68. The molecule has 0 fully saturated rings. The fourth-order valence-electron chi connectivity index (χ4n) is 1.16. The summed E-state index contributed by atoms with van der Waals surface area (Å²) in [5.41, 5.74) is 1.07. The van der Waals surface area contributed by atoms with Crippen LogP contribution in [0.4, 0.5) is 0 Å². The van der Waals surface area contributed by atoms with Crippen molar-refractivity contribution in [1.82, 2.24) is 15.0 Å². The van der Waals surface area contributed by atoms with Gasteiger partial charge in [-0.25, -0.2) is 15.0 Å². The van der Waals surface area contributed by atoms with Gasteiger partial charge in [-0.1, -0.05) is 13.8 Å². The molecule has 2 aromatic rings. The van der Waals surface area contributed by atoms with Gasteiger partial charge in [0.25, 0.3) is 0 Å². The molecule has 0 atom stereocenters. The van der Waals surface area contributed by atoms with Gasteiger partial charge in [-0.3, -0.25) is 0 Å². The van der Waals surface area contributed by atoms with E-state index in [1.54, 1.807) is 11.3 Å². The summed E-state index contributed by atoms with van der Waals surface area (Å²) in [7, 11) is 0. The molecule has 4 heteroatoms. The smallest absolute Gasteiger partial charge is 0.188 e. The Kier molecular flexibility index (Phi) is 2.77. The van der Waals surface area contributed by atoms with Crippen LogP contribution in [0.1, 0.15) is 30.2 Å². The van der Waals surface area contributed by atoms with Gasteiger partial charge in [0.1, 0.15) is 0 Å². The molecule has 0 saturated carbocycles. The topological polar surface area (TPSA) is 38.7 Å². The Morgan fingerprint density at radius 2 is 1.73 bits per heavy atom. The first kappa shape index (κ1) is 10.2. The van der Waals surface area contributed by atoms with Crippen LogP contribution in [0.15, 0.2) is 18.6 Å². The first-order valence-electron chi connectivity index (χ1n) is 4.91. The van der Waals surface area contributed by atoms with E-state index < -0.39 is 0 Å². The highest BCUT2D eigenvalue weighted by atomic mass is 32.1. The van der Waals surface area contributed by atoms with Crippen molar-refractivity contribution in [2.24, 2.45) is 0 Å². The quantitative estimate of drug-likeness (QED) is 0.779. The summed E-state index contributed by atoms with van der Waals surface area (Å²) >= 11 is 1.66. The second-order valence-corrected chi connectivity index (χ2v) is 4.87. The lowest BCUT2D eigenvalue weighted by atomic mass is 10.2. The Morgan fingerprint density at radius 1 is 1.07 bits per heavy atom. The lowest BCUT2D eigenvalue weighted by molar-refractivity contribution is 0.885. The highest BCUT2D eigenvalue weighted by molar-refractivity contribution is 7.15.